The lowest BCUT2D eigenvalue weighted by Gasteiger charge is -2.09. The van der Waals surface area contributed by atoms with E-state index in [0.29, 0.717) is 0 Å². The van der Waals surface area contributed by atoms with Crippen LogP contribution in [0.3, 0.4) is 0 Å². The molecule has 0 heterocycles. The van der Waals surface area contributed by atoms with Crippen LogP contribution in [0.5, 0.6) is 0 Å². The summed E-state index contributed by atoms with van der Waals surface area (Å²) in [5, 5.41) is 0. The molecule has 1 aromatic rings. The molecule has 0 amide bonds. The third-order valence-electron chi connectivity index (χ3n) is 2.39. The molecule has 0 N–H and O–H groups in total. The SMILES string of the molecule is CCCc1c(C)cccc1CC. The highest BCUT2D eigenvalue weighted by atomic mass is 14.1. The van der Waals surface area contributed by atoms with Crippen LogP contribution in [0, 0.1) is 6.92 Å². The number of benzene rings is 1. The average Bonchev–Trinajstić information content (AvgIpc) is 2.09. The molecule has 0 saturated carbocycles. The maximum atomic E-state index is 2.25. The van der Waals surface area contributed by atoms with Gasteiger partial charge < -0.3 is 0 Å². The van der Waals surface area contributed by atoms with E-state index in [0.717, 1.165) is 6.42 Å². The lowest BCUT2D eigenvalue weighted by atomic mass is 9.97. The van der Waals surface area contributed by atoms with E-state index in [2.05, 4.69) is 39.0 Å². The zero-order chi connectivity index (χ0) is 8.97. The Hall–Kier alpha value is -0.780. The molecule has 0 aromatic heterocycles. The Kier molecular flexibility index (Phi) is 3.33. The molecule has 0 radical (unpaired) electrons. The van der Waals surface area contributed by atoms with Gasteiger partial charge in [0.15, 0.2) is 0 Å². The molecule has 1 rings (SSSR count). The van der Waals surface area contributed by atoms with E-state index in [1.807, 2.05) is 0 Å². The van der Waals surface area contributed by atoms with Gasteiger partial charge in [-0.25, -0.2) is 0 Å². The van der Waals surface area contributed by atoms with Crippen molar-refractivity contribution in [1.29, 1.82) is 0 Å². The Morgan fingerprint density at radius 2 is 1.92 bits per heavy atom. The second kappa shape index (κ2) is 4.30. The molecule has 0 nitrogen and oxygen atoms in total. The van der Waals surface area contributed by atoms with E-state index < -0.39 is 0 Å². The monoisotopic (exact) mass is 162 g/mol. The van der Waals surface area contributed by atoms with Gasteiger partial charge in [-0.3, -0.25) is 0 Å². The summed E-state index contributed by atoms with van der Waals surface area (Å²) in [6.45, 7) is 6.68. The highest BCUT2D eigenvalue weighted by molar-refractivity contribution is 5.34. The van der Waals surface area contributed by atoms with Gasteiger partial charge in [0, 0.05) is 0 Å². The largest absolute Gasteiger partial charge is 0.0651 e. The molecule has 66 valence electrons. The lowest BCUT2D eigenvalue weighted by molar-refractivity contribution is 0.889. The highest BCUT2D eigenvalue weighted by Gasteiger charge is 2.01. The Morgan fingerprint density at radius 1 is 1.17 bits per heavy atom. The fourth-order valence-corrected chi connectivity index (χ4v) is 1.70. The Labute approximate surface area is 75.6 Å². The van der Waals surface area contributed by atoms with Crippen molar-refractivity contribution in [3.63, 3.8) is 0 Å². The van der Waals surface area contributed by atoms with E-state index in [1.165, 1.54) is 24.0 Å². The zero-order valence-corrected chi connectivity index (χ0v) is 8.35. The van der Waals surface area contributed by atoms with Crippen molar-refractivity contribution < 1.29 is 0 Å². The van der Waals surface area contributed by atoms with Crippen LogP contribution in [0.2, 0.25) is 0 Å². The average molecular weight is 162 g/mol. The summed E-state index contributed by atoms with van der Waals surface area (Å²) in [4.78, 5) is 0. The normalized spacial score (nSPS) is 10.2. The first-order valence-electron chi connectivity index (χ1n) is 4.87. The fraction of sp³-hybridized carbons (Fsp3) is 0.500. The quantitative estimate of drug-likeness (QED) is 0.638. The van der Waals surface area contributed by atoms with Crippen LogP contribution in [0.4, 0.5) is 0 Å². The van der Waals surface area contributed by atoms with Crippen molar-refractivity contribution in [3.05, 3.63) is 34.9 Å². The van der Waals surface area contributed by atoms with Gasteiger partial charge in [0.1, 0.15) is 0 Å². The van der Waals surface area contributed by atoms with Crippen LogP contribution in [-0.4, -0.2) is 0 Å². The first-order valence-corrected chi connectivity index (χ1v) is 4.87. The van der Waals surface area contributed by atoms with Crippen molar-refractivity contribution in [1.82, 2.24) is 0 Å². The topological polar surface area (TPSA) is 0 Å². The molecule has 0 bridgehead atoms. The van der Waals surface area contributed by atoms with Gasteiger partial charge in [-0.1, -0.05) is 38.5 Å². The van der Waals surface area contributed by atoms with Gasteiger partial charge in [0.25, 0.3) is 0 Å². The predicted molar refractivity (Wildman–Crippen MR) is 54.6 cm³/mol. The predicted octanol–water partition coefficient (Wildman–Crippen LogP) is 3.51. The minimum absolute atomic E-state index is 1.16. The van der Waals surface area contributed by atoms with Crippen LogP contribution >= 0.6 is 0 Å². The van der Waals surface area contributed by atoms with Crippen molar-refractivity contribution in [2.75, 3.05) is 0 Å². The van der Waals surface area contributed by atoms with Gasteiger partial charge in [-0.15, -0.1) is 0 Å². The van der Waals surface area contributed by atoms with E-state index in [-0.39, 0.29) is 0 Å². The molecule has 0 heteroatoms. The summed E-state index contributed by atoms with van der Waals surface area (Å²) in [7, 11) is 0. The van der Waals surface area contributed by atoms with Gasteiger partial charge in [0.05, 0.1) is 0 Å². The van der Waals surface area contributed by atoms with Crippen LogP contribution < -0.4 is 0 Å². The number of aryl methyl sites for hydroxylation is 2. The standard InChI is InChI=1S/C12H18/c1-4-7-12-10(3)8-6-9-11(12)5-2/h6,8-9H,4-5,7H2,1-3H3. The molecule has 0 atom stereocenters. The summed E-state index contributed by atoms with van der Waals surface area (Å²) in [5.74, 6) is 0. The van der Waals surface area contributed by atoms with Gasteiger partial charge in [0.2, 0.25) is 0 Å². The summed E-state index contributed by atoms with van der Waals surface area (Å²) < 4.78 is 0. The second-order valence-electron chi connectivity index (χ2n) is 3.32. The van der Waals surface area contributed by atoms with Crippen molar-refractivity contribution in [2.24, 2.45) is 0 Å². The van der Waals surface area contributed by atoms with E-state index >= 15 is 0 Å². The fourth-order valence-electron chi connectivity index (χ4n) is 1.70. The molecule has 1 aromatic carbocycles. The smallest absolute Gasteiger partial charge is 0.0276 e. The minimum atomic E-state index is 1.16. The second-order valence-corrected chi connectivity index (χ2v) is 3.32. The van der Waals surface area contributed by atoms with Crippen molar-refractivity contribution in [3.8, 4) is 0 Å². The third kappa shape index (κ3) is 1.88. The molecule has 0 aliphatic heterocycles. The van der Waals surface area contributed by atoms with E-state index in [1.54, 1.807) is 5.56 Å². The molecule has 0 unspecified atom stereocenters. The van der Waals surface area contributed by atoms with Crippen LogP contribution in [0.25, 0.3) is 0 Å². The maximum Gasteiger partial charge on any atom is -0.0276 e. The Bertz CT molecular complexity index is 248. The summed E-state index contributed by atoms with van der Waals surface area (Å²) in [5.41, 5.74) is 4.55. The minimum Gasteiger partial charge on any atom is -0.0651 e. The van der Waals surface area contributed by atoms with E-state index in [4.69, 9.17) is 0 Å². The zero-order valence-electron chi connectivity index (χ0n) is 8.35. The molecule has 0 aliphatic rings. The Balaban J connectivity index is 3.02. The number of rotatable bonds is 3. The van der Waals surface area contributed by atoms with Crippen molar-refractivity contribution in [2.45, 2.75) is 40.0 Å². The molecular weight excluding hydrogens is 144 g/mol. The first-order chi connectivity index (χ1) is 5.79. The summed E-state index contributed by atoms with van der Waals surface area (Å²) >= 11 is 0. The van der Waals surface area contributed by atoms with Crippen LogP contribution in [0.15, 0.2) is 18.2 Å². The van der Waals surface area contributed by atoms with Crippen molar-refractivity contribution >= 4 is 0 Å². The van der Waals surface area contributed by atoms with Crippen LogP contribution in [-0.2, 0) is 12.8 Å². The maximum absolute atomic E-state index is 2.25. The molecule has 0 saturated heterocycles. The third-order valence-corrected chi connectivity index (χ3v) is 2.39. The summed E-state index contributed by atoms with van der Waals surface area (Å²) in [6.07, 6.45) is 3.64. The first kappa shape index (κ1) is 9.31. The summed E-state index contributed by atoms with van der Waals surface area (Å²) in [6, 6.07) is 6.62. The lowest BCUT2D eigenvalue weighted by Crippen LogP contribution is -1.95. The molecular formula is C12H18. The molecule has 12 heavy (non-hydrogen) atoms. The Morgan fingerprint density at radius 3 is 2.50 bits per heavy atom. The molecule has 0 aliphatic carbocycles. The van der Waals surface area contributed by atoms with Gasteiger partial charge >= 0.3 is 0 Å². The highest BCUT2D eigenvalue weighted by Crippen LogP contribution is 2.16. The van der Waals surface area contributed by atoms with Crippen LogP contribution in [0.1, 0.15) is 37.0 Å². The van der Waals surface area contributed by atoms with Gasteiger partial charge in [-0.2, -0.15) is 0 Å². The number of hydrogen-bond donors (Lipinski definition) is 0. The van der Waals surface area contributed by atoms with Gasteiger partial charge in [-0.05, 0) is 36.5 Å². The van der Waals surface area contributed by atoms with E-state index in [9.17, 15) is 0 Å². The molecule has 0 fully saturated rings. The number of hydrogen-bond acceptors (Lipinski definition) is 0. The molecule has 0 spiro atoms.